The zero-order valence-electron chi connectivity index (χ0n) is 35.0. The molecule has 0 aliphatic carbocycles. The Morgan fingerprint density at radius 2 is 0.578 bits per heavy atom. The van der Waals surface area contributed by atoms with Gasteiger partial charge in [-0.1, -0.05) is 218 Å². The van der Waals surface area contributed by atoms with Gasteiger partial charge in [0.25, 0.3) is 0 Å². The lowest BCUT2D eigenvalue weighted by molar-refractivity contribution is 1.29. The first-order valence-corrected chi connectivity index (χ1v) is 22.7. The van der Waals surface area contributed by atoms with Gasteiger partial charge < -0.3 is 4.90 Å². The van der Waals surface area contributed by atoms with E-state index in [0.29, 0.717) is 0 Å². The van der Waals surface area contributed by atoms with Gasteiger partial charge in [-0.25, -0.2) is 0 Å². The minimum Gasteiger partial charge on any atom is -0.309 e. The molecule has 12 aromatic rings. The van der Waals surface area contributed by atoms with Gasteiger partial charge in [0.05, 0.1) is 17.1 Å². The summed E-state index contributed by atoms with van der Waals surface area (Å²) < 4.78 is 2.58. The van der Waals surface area contributed by atoms with E-state index in [-0.39, 0.29) is 0 Å². The summed E-state index contributed by atoms with van der Waals surface area (Å²) in [4.78, 5) is 2.54. The molecule has 300 valence electrons. The highest BCUT2D eigenvalue weighted by molar-refractivity contribution is 7.25. The van der Waals surface area contributed by atoms with Crippen LogP contribution in [-0.2, 0) is 0 Å². The van der Waals surface area contributed by atoms with Crippen LogP contribution in [0.4, 0.5) is 17.1 Å². The molecule has 1 nitrogen and oxygen atoms in total. The first kappa shape index (κ1) is 37.7. The number of anilines is 3. The predicted octanol–water partition coefficient (Wildman–Crippen LogP) is 18.2. The second-order valence-electron chi connectivity index (χ2n) is 16.3. The van der Waals surface area contributed by atoms with Gasteiger partial charge in [0, 0.05) is 36.9 Å². The second-order valence-corrected chi connectivity index (χ2v) is 17.4. The minimum atomic E-state index is 1.10. The third-order valence-corrected chi connectivity index (χ3v) is 13.8. The van der Waals surface area contributed by atoms with E-state index in [9.17, 15) is 0 Å². The van der Waals surface area contributed by atoms with Gasteiger partial charge in [-0.2, -0.15) is 0 Å². The molecular formula is C62H41NS. The predicted molar refractivity (Wildman–Crippen MR) is 276 cm³/mol. The molecule has 0 radical (unpaired) electrons. The molecule has 11 aromatic carbocycles. The fourth-order valence-electron chi connectivity index (χ4n) is 9.92. The van der Waals surface area contributed by atoms with Crippen LogP contribution in [0.2, 0.25) is 0 Å². The Labute approximate surface area is 377 Å². The summed E-state index contributed by atoms with van der Waals surface area (Å²) >= 11 is 1.86. The zero-order valence-corrected chi connectivity index (χ0v) is 35.8. The highest BCUT2D eigenvalue weighted by Crippen LogP contribution is 2.52. The van der Waals surface area contributed by atoms with Crippen LogP contribution in [0.25, 0.3) is 97.4 Å². The number of fused-ring (bicyclic) bond motifs is 5. The quantitative estimate of drug-likeness (QED) is 0.147. The third-order valence-electron chi connectivity index (χ3n) is 12.7. The molecule has 1 aromatic heterocycles. The number of benzene rings is 11. The molecule has 64 heavy (non-hydrogen) atoms. The number of hydrogen-bond acceptors (Lipinski definition) is 2. The van der Waals surface area contributed by atoms with Gasteiger partial charge >= 0.3 is 0 Å². The van der Waals surface area contributed by atoms with Gasteiger partial charge in [-0.05, 0) is 90.8 Å². The Hall–Kier alpha value is -8.04. The van der Waals surface area contributed by atoms with Crippen molar-refractivity contribution < 1.29 is 0 Å². The number of para-hydroxylation sites is 3. The first-order valence-electron chi connectivity index (χ1n) is 21.9. The molecule has 12 rings (SSSR count). The molecule has 0 N–H and O–H groups in total. The maximum absolute atomic E-state index is 2.54. The maximum atomic E-state index is 2.54. The smallest absolute Gasteiger partial charge is 0.0540 e. The van der Waals surface area contributed by atoms with E-state index in [1.165, 1.54) is 86.2 Å². The summed E-state index contributed by atoms with van der Waals surface area (Å²) in [5, 5.41) is 7.47. The van der Waals surface area contributed by atoms with Crippen LogP contribution >= 0.6 is 11.3 Å². The van der Waals surface area contributed by atoms with Gasteiger partial charge in [-0.15, -0.1) is 11.3 Å². The molecule has 0 spiro atoms. The monoisotopic (exact) mass is 831 g/mol. The van der Waals surface area contributed by atoms with Crippen molar-refractivity contribution in [1.82, 2.24) is 0 Å². The molecular weight excluding hydrogens is 791 g/mol. The molecule has 0 bridgehead atoms. The summed E-state index contributed by atoms with van der Waals surface area (Å²) in [5.74, 6) is 0. The molecule has 1 heterocycles. The maximum Gasteiger partial charge on any atom is 0.0540 e. The molecule has 2 heteroatoms. The molecule has 0 atom stereocenters. The van der Waals surface area contributed by atoms with Crippen LogP contribution in [0.15, 0.2) is 249 Å². The lowest BCUT2D eigenvalue weighted by atomic mass is 9.89. The number of hydrogen-bond donors (Lipinski definition) is 0. The van der Waals surface area contributed by atoms with Crippen molar-refractivity contribution in [3.63, 3.8) is 0 Å². The highest BCUT2D eigenvalue weighted by atomic mass is 32.1. The van der Waals surface area contributed by atoms with Crippen molar-refractivity contribution >= 4 is 70.1 Å². The van der Waals surface area contributed by atoms with Crippen LogP contribution in [0.1, 0.15) is 0 Å². The van der Waals surface area contributed by atoms with E-state index in [2.05, 4.69) is 254 Å². The zero-order chi connectivity index (χ0) is 42.4. The van der Waals surface area contributed by atoms with Gasteiger partial charge in [0.2, 0.25) is 0 Å². The minimum absolute atomic E-state index is 1.10. The Balaban J connectivity index is 1.18. The summed E-state index contributed by atoms with van der Waals surface area (Å²) in [7, 11) is 0. The summed E-state index contributed by atoms with van der Waals surface area (Å²) in [6.45, 7) is 0. The van der Waals surface area contributed by atoms with Crippen LogP contribution in [0, 0.1) is 0 Å². The average molecular weight is 832 g/mol. The van der Waals surface area contributed by atoms with Gasteiger partial charge in [0.1, 0.15) is 0 Å². The van der Waals surface area contributed by atoms with Crippen molar-refractivity contribution in [3.05, 3.63) is 249 Å². The summed E-state index contributed by atoms with van der Waals surface area (Å²) in [6, 6.07) is 91.1. The summed E-state index contributed by atoms with van der Waals surface area (Å²) in [5.41, 5.74) is 15.2. The lowest BCUT2D eigenvalue weighted by Gasteiger charge is -2.32. The van der Waals surface area contributed by atoms with Crippen molar-refractivity contribution in [2.45, 2.75) is 0 Å². The molecule has 0 amide bonds. The molecule has 0 saturated carbocycles. The Kier molecular flexibility index (Phi) is 9.43. The van der Waals surface area contributed by atoms with Crippen molar-refractivity contribution in [2.75, 3.05) is 4.90 Å². The van der Waals surface area contributed by atoms with Crippen LogP contribution in [0.5, 0.6) is 0 Å². The molecule has 0 fully saturated rings. The fourth-order valence-corrected chi connectivity index (χ4v) is 11.1. The molecule has 0 saturated heterocycles. The lowest BCUT2D eigenvalue weighted by Crippen LogP contribution is -2.13. The summed E-state index contributed by atoms with van der Waals surface area (Å²) in [6.07, 6.45) is 0. The van der Waals surface area contributed by atoms with E-state index in [0.717, 1.165) is 28.2 Å². The fraction of sp³-hybridized carbons (Fsp3) is 0. The van der Waals surface area contributed by atoms with Crippen molar-refractivity contribution in [2.24, 2.45) is 0 Å². The van der Waals surface area contributed by atoms with Crippen molar-refractivity contribution in [1.29, 1.82) is 0 Å². The molecule has 0 aliphatic heterocycles. The second kappa shape index (κ2) is 16.0. The number of rotatable bonds is 8. The van der Waals surface area contributed by atoms with E-state index in [1.807, 2.05) is 11.3 Å². The van der Waals surface area contributed by atoms with E-state index in [4.69, 9.17) is 0 Å². The topological polar surface area (TPSA) is 3.24 Å². The van der Waals surface area contributed by atoms with Crippen LogP contribution in [0.3, 0.4) is 0 Å². The van der Waals surface area contributed by atoms with Gasteiger partial charge in [-0.3, -0.25) is 0 Å². The Morgan fingerprint density at radius 1 is 0.234 bits per heavy atom. The Morgan fingerprint density at radius 3 is 1.06 bits per heavy atom. The van der Waals surface area contributed by atoms with Crippen LogP contribution < -0.4 is 4.90 Å². The van der Waals surface area contributed by atoms with Gasteiger partial charge in [0.15, 0.2) is 0 Å². The van der Waals surface area contributed by atoms with Crippen molar-refractivity contribution in [3.8, 4) is 55.6 Å². The third kappa shape index (κ3) is 6.38. The Bertz CT molecular complexity index is 3500. The first-order chi connectivity index (χ1) is 31.8. The molecule has 0 aliphatic rings. The number of nitrogens with zero attached hydrogens (tertiary/aromatic N) is 1. The highest BCUT2D eigenvalue weighted by Gasteiger charge is 2.26. The molecule has 0 unspecified atom stereocenters. The average Bonchev–Trinajstić information content (AvgIpc) is 3.76. The normalized spacial score (nSPS) is 11.4. The van der Waals surface area contributed by atoms with E-state index < -0.39 is 0 Å². The number of thiophene rings is 1. The van der Waals surface area contributed by atoms with Crippen LogP contribution in [-0.4, -0.2) is 0 Å². The standard InChI is InChI=1S/C62H41NS/c1-3-20-42(21-4-1)46-32-15-24-44-26-17-34-51(60(44)46)48-28-7-11-37-55(48)63(57-39-13-9-30-50(57)53-36-19-41-59-62(53)54-31-10-14-40-58(54)64-59)56-38-12-8-29-49(56)52-35-18-27-45-25-16-33-47(61(45)52)43-22-5-2-6-23-43/h1-41H. The van der Waals surface area contributed by atoms with E-state index >= 15 is 0 Å². The van der Waals surface area contributed by atoms with E-state index in [1.54, 1.807) is 0 Å². The largest absolute Gasteiger partial charge is 0.309 e. The SMILES string of the molecule is c1ccc(-c2cccc3cccc(-c4ccccc4N(c4ccccc4-c4cccc5cccc(-c6ccccc6)c45)c4ccccc4-c4cccc5sc6ccccc6c45)c23)cc1.